The number of carboxylic acids is 1. The van der Waals surface area contributed by atoms with E-state index in [-0.39, 0.29) is 11.9 Å². The van der Waals surface area contributed by atoms with E-state index in [2.05, 4.69) is 10.6 Å². The van der Waals surface area contributed by atoms with Gasteiger partial charge in [-0.1, -0.05) is 36.8 Å². The summed E-state index contributed by atoms with van der Waals surface area (Å²) in [6.07, 6.45) is 2.79. The molecule has 1 aromatic carbocycles. The minimum atomic E-state index is -1.41. The van der Waals surface area contributed by atoms with Crippen molar-refractivity contribution in [2.45, 2.75) is 37.8 Å². The summed E-state index contributed by atoms with van der Waals surface area (Å²) < 4.78 is 0. The van der Waals surface area contributed by atoms with E-state index in [0.717, 1.165) is 25.8 Å². The molecule has 5 nitrogen and oxygen atoms in total. The molecule has 0 aliphatic carbocycles. The van der Waals surface area contributed by atoms with Crippen LogP contribution in [-0.2, 0) is 15.1 Å². The van der Waals surface area contributed by atoms with Crippen LogP contribution in [0.2, 0.25) is 0 Å². The monoisotopic (exact) mass is 276 g/mol. The smallest absolute Gasteiger partial charge is 0.333 e. The van der Waals surface area contributed by atoms with Crippen LogP contribution < -0.4 is 10.6 Å². The molecule has 0 aromatic heterocycles. The average Bonchev–Trinajstić information content (AvgIpc) is 2.48. The molecular weight excluding hydrogens is 256 g/mol. The number of piperidine rings is 1. The zero-order valence-corrected chi connectivity index (χ0v) is 11.6. The van der Waals surface area contributed by atoms with Crippen molar-refractivity contribution in [1.82, 2.24) is 10.6 Å². The van der Waals surface area contributed by atoms with Crippen molar-refractivity contribution in [3.05, 3.63) is 35.9 Å². The van der Waals surface area contributed by atoms with Gasteiger partial charge in [-0.15, -0.1) is 0 Å². The number of hydrogen-bond donors (Lipinski definition) is 3. The van der Waals surface area contributed by atoms with Gasteiger partial charge in [-0.25, -0.2) is 4.79 Å². The summed E-state index contributed by atoms with van der Waals surface area (Å²) in [4.78, 5) is 23.9. The van der Waals surface area contributed by atoms with Gasteiger partial charge in [-0.3, -0.25) is 4.79 Å². The standard InChI is InChI=1S/C15H20N2O3/c1-15(14(19)20,11-7-3-2-4-8-11)17-13(18)12-9-5-6-10-16-12/h2-4,7-8,12,16H,5-6,9-10H2,1H3,(H,17,18)(H,19,20)/t12-,15?/m1/s1. The lowest BCUT2D eigenvalue weighted by Gasteiger charge is -2.30. The third kappa shape index (κ3) is 2.99. The van der Waals surface area contributed by atoms with Crippen LogP contribution in [0.25, 0.3) is 0 Å². The summed E-state index contributed by atoms with van der Waals surface area (Å²) in [6.45, 7) is 2.32. The van der Waals surface area contributed by atoms with E-state index in [0.29, 0.717) is 5.56 Å². The molecule has 1 amide bonds. The molecule has 0 saturated carbocycles. The Hall–Kier alpha value is -1.88. The molecule has 0 bridgehead atoms. The largest absolute Gasteiger partial charge is 0.479 e. The molecule has 3 N–H and O–H groups in total. The van der Waals surface area contributed by atoms with E-state index < -0.39 is 11.5 Å². The molecule has 1 aliphatic heterocycles. The second-order valence-electron chi connectivity index (χ2n) is 5.29. The van der Waals surface area contributed by atoms with Crippen LogP contribution >= 0.6 is 0 Å². The van der Waals surface area contributed by atoms with Crippen molar-refractivity contribution in [3.8, 4) is 0 Å². The summed E-state index contributed by atoms with van der Waals surface area (Å²) >= 11 is 0. The van der Waals surface area contributed by atoms with Crippen LogP contribution in [0.1, 0.15) is 31.7 Å². The van der Waals surface area contributed by atoms with Gasteiger partial charge in [0, 0.05) is 0 Å². The normalized spacial score (nSPS) is 21.8. The van der Waals surface area contributed by atoms with Crippen molar-refractivity contribution in [3.63, 3.8) is 0 Å². The topological polar surface area (TPSA) is 78.4 Å². The minimum Gasteiger partial charge on any atom is -0.479 e. The van der Waals surface area contributed by atoms with Crippen molar-refractivity contribution < 1.29 is 14.7 Å². The first-order chi connectivity index (χ1) is 9.54. The third-order valence-electron chi connectivity index (χ3n) is 3.78. The van der Waals surface area contributed by atoms with Crippen LogP contribution in [0.5, 0.6) is 0 Å². The molecular formula is C15H20N2O3. The van der Waals surface area contributed by atoms with Gasteiger partial charge in [0.15, 0.2) is 5.54 Å². The Bertz CT molecular complexity index is 483. The first-order valence-electron chi connectivity index (χ1n) is 6.88. The zero-order valence-electron chi connectivity index (χ0n) is 11.6. The molecule has 5 heteroatoms. The molecule has 1 aliphatic rings. The van der Waals surface area contributed by atoms with Crippen molar-refractivity contribution in [2.24, 2.45) is 0 Å². The number of hydrogen-bond acceptors (Lipinski definition) is 3. The minimum absolute atomic E-state index is 0.251. The highest BCUT2D eigenvalue weighted by Gasteiger charge is 2.38. The number of carbonyl (C=O) groups is 2. The maximum atomic E-state index is 12.3. The summed E-state index contributed by atoms with van der Waals surface area (Å²) in [6, 6.07) is 8.47. The summed E-state index contributed by atoms with van der Waals surface area (Å²) in [5, 5.41) is 15.3. The van der Waals surface area contributed by atoms with Crippen LogP contribution in [-0.4, -0.2) is 29.6 Å². The highest BCUT2D eigenvalue weighted by atomic mass is 16.4. The zero-order chi connectivity index (χ0) is 14.6. The molecule has 20 heavy (non-hydrogen) atoms. The first kappa shape index (κ1) is 14.5. The van der Waals surface area contributed by atoms with Crippen LogP contribution in [0, 0.1) is 0 Å². The van der Waals surface area contributed by atoms with E-state index >= 15 is 0 Å². The van der Waals surface area contributed by atoms with Gasteiger partial charge in [-0.2, -0.15) is 0 Å². The Morgan fingerprint density at radius 1 is 1.30 bits per heavy atom. The molecule has 0 spiro atoms. The lowest BCUT2D eigenvalue weighted by atomic mass is 9.91. The van der Waals surface area contributed by atoms with Gasteiger partial charge in [0.25, 0.3) is 0 Å². The molecule has 1 saturated heterocycles. The molecule has 1 fully saturated rings. The molecule has 1 heterocycles. The fourth-order valence-electron chi connectivity index (χ4n) is 2.43. The lowest BCUT2D eigenvalue weighted by Crippen LogP contribution is -2.56. The number of aliphatic carboxylic acids is 1. The first-order valence-corrected chi connectivity index (χ1v) is 6.88. The molecule has 2 atom stereocenters. The fourth-order valence-corrected chi connectivity index (χ4v) is 2.43. The van der Waals surface area contributed by atoms with Gasteiger partial charge in [0.2, 0.25) is 5.91 Å². The van der Waals surface area contributed by atoms with Gasteiger partial charge in [0.05, 0.1) is 6.04 Å². The molecule has 1 unspecified atom stereocenters. The quantitative estimate of drug-likeness (QED) is 0.773. The van der Waals surface area contributed by atoms with Crippen LogP contribution in [0.15, 0.2) is 30.3 Å². The van der Waals surface area contributed by atoms with E-state index in [1.165, 1.54) is 6.92 Å². The third-order valence-corrected chi connectivity index (χ3v) is 3.78. The second kappa shape index (κ2) is 6.05. The number of benzene rings is 1. The summed E-state index contributed by atoms with van der Waals surface area (Å²) in [5.41, 5.74) is -0.839. The van der Waals surface area contributed by atoms with Crippen molar-refractivity contribution in [1.29, 1.82) is 0 Å². The average molecular weight is 276 g/mol. The molecule has 1 aromatic rings. The Morgan fingerprint density at radius 2 is 2.00 bits per heavy atom. The second-order valence-corrected chi connectivity index (χ2v) is 5.29. The predicted molar refractivity (Wildman–Crippen MR) is 75.2 cm³/mol. The van der Waals surface area contributed by atoms with Gasteiger partial charge in [0.1, 0.15) is 0 Å². The van der Waals surface area contributed by atoms with Gasteiger partial charge < -0.3 is 15.7 Å². The number of amides is 1. The van der Waals surface area contributed by atoms with E-state index in [1.807, 2.05) is 6.07 Å². The SMILES string of the molecule is CC(NC(=O)[C@H]1CCCCN1)(C(=O)O)c1ccccc1. The molecule has 2 rings (SSSR count). The van der Waals surface area contributed by atoms with Gasteiger partial charge in [-0.05, 0) is 31.9 Å². The maximum absolute atomic E-state index is 12.3. The lowest BCUT2D eigenvalue weighted by molar-refractivity contribution is -0.147. The Balaban J connectivity index is 2.17. The van der Waals surface area contributed by atoms with Crippen LogP contribution in [0.3, 0.4) is 0 Å². The van der Waals surface area contributed by atoms with E-state index in [1.54, 1.807) is 24.3 Å². The molecule has 108 valence electrons. The number of nitrogens with one attached hydrogen (secondary N) is 2. The molecule has 0 radical (unpaired) electrons. The predicted octanol–water partition coefficient (Wildman–Crippen LogP) is 1.24. The van der Waals surface area contributed by atoms with Gasteiger partial charge >= 0.3 is 5.97 Å². The van der Waals surface area contributed by atoms with Crippen molar-refractivity contribution in [2.75, 3.05) is 6.54 Å². The fraction of sp³-hybridized carbons (Fsp3) is 0.467. The van der Waals surface area contributed by atoms with Crippen LogP contribution in [0.4, 0.5) is 0 Å². The summed E-state index contributed by atoms with van der Waals surface area (Å²) in [7, 11) is 0. The number of carbonyl (C=O) groups excluding carboxylic acids is 1. The summed E-state index contributed by atoms with van der Waals surface area (Å²) in [5.74, 6) is -1.31. The highest BCUT2D eigenvalue weighted by molar-refractivity contribution is 5.90. The Kier molecular flexibility index (Phi) is 4.39. The van der Waals surface area contributed by atoms with E-state index in [9.17, 15) is 14.7 Å². The van der Waals surface area contributed by atoms with Crippen molar-refractivity contribution >= 4 is 11.9 Å². The highest BCUT2D eigenvalue weighted by Crippen LogP contribution is 2.21. The number of rotatable bonds is 4. The van der Waals surface area contributed by atoms with E-state index in [4.69, 9.17) is 0 Å². The number of carboxylic acid groups (broad SMARTS) is 1. The Morgan fingerprint density at radius 3 is 2.55 bits per heavy atom. The maximum Gasteiger partial charge on any atom is 0.333 e. The Labute approximate surface area is 118 Å².